The lowest BCUT2D eigenvalue weighted by molar-refractivity contribution is 0.0462. The average Bonchev–Trinajstić information content (AvgIpc) is 3.29. The molecule has 0 fully saturated rings. The van der Waals surface area contributed by atoms with E-state index in [2.05, 4.69) is 15.3 Å². The van der Waals surface area contributed by atoms with E-state index in [0.717, 1.165) is 11.1 Å². The fourth-order valence-electron chi connectivity index (χ4n) is 3.97. The zero-order chi connectivity index (χ0) is 25.8. The Balaban J connectivity index is 1.35. The van der Waals surface area contributed by atoms with Crippen molar-refractivity contribution in [2.24, 2.45) is 7.05 Å². The third-order valence-electron chi connectivity index (χ3n) is 5.94. The van der Waals surface area contributed by atoms with Crippen LogP contribution in [0.5, 0.6) is 0 Å². The summed E-state index contributed by atoms with van der Waals surface area (Å²) < 4.78 is 7.20. The number of rotatable bonds is 6. The summed E-state index contributed by atoms with van der Waals surface area (Å²) >= 11 is 0. The molecular weight excluding hydrogens is 466 g/mol. The van der Waals surface area contributed by atoms with E-state index < -0.39 is 5.97 Å². The molecule has 180 valence electrons. The van der Waals surface area contributed by atoms with Gasteiger partial charge in [-0.25, -0.2) is 14.8 Å². The number of ether oxygens (including phenoxy) is 1. The quantitative estimate of drug-likeness (QED) is 0.333. The molecule has 3 aromatic carbocycles. The van der Waals surface area contributed by atoms with Crippen molar-refractivity contribution >= 4 is 28.6 Å². The van der Waals surface area contributed by atoms with E-state index in [0.29, 0.717) is 39.2 Å². The predicted molar refractivity (Wildman–Crippen MR) is 139 cm³/mol. The number of esters is 1. The number of anilines is 1. The number of nitrogens with one attached hydrogen (secondary N) is 1. The first-order valence-corrected chi connectivity index (χ1v) is 11.5. The van der Waals surface area contributed by atoms with Crippen molar-refractivity contribution in [1.82, 2.24) is 14.5 Å². The number of aryl methyl sites for hydroxylation is 1. The summed E-state index contributed by atoms with van der Waals surface area (Å²) in [4.78, 5) is 34.1. The van der Waals surface area contributed by atoms with Gasteiger partial charge in [-0.2, -0.15) is 5.26 Å². The molecule has 0 saturated carbocycles. The minimum absolute atomic E-state index is 0.176. The molecule has 0 unspecified atom stereocenters. The van der Waals surface area contributed by atoms with E-state index >= 15 is 0 Å². The molecule has 0 aliphatic heterocycles. The van der Waals surface area contributed by atoms with E-state index in [4.69, 9.17) is 10.00 Å². The smallest absolute Gasteiger partial charge is 0.355 e. The Morgan fingerprint density at radius 2 is 1.70 bits per heavy atom. The molecule has 0 bridgehead atoms. The van der Waals surface area contributed by atoms with Crippen molar-refractivity contribution in [3.63, 3.8) is 0 Å². The molecule has 0 aliphatic rings. The Morgan fingerprint density at radius 3 is 2.41 bits per heavy atom. The number of hydrogen-bond acceptors (Lipinski definition) is 6. The number of hydrogen-bond donors (Lipinski definition) is 1. The van der Waals surface area contributed by atoms with Gasteiger partial charge in [-0.3, -0.25) is 4.79 Å². The van der Waals surface area contributed by atoms with Crippen LogP contribution in [0.3, 0.4) is 0 Å². The number of amides is 1. The molecule has 2 aromatic heterocycles. The van der Waals surface area contributed by atoms with E-state index in [1.54, 1.807) is 54.1 Å². The third kappa shape index (κ3) is 4.92. The van der Waals surface area contributed by atoms with Gasteiger partial charge in [0.1, 0.15) is 24.3 Å². The summed E-state index contributed by atoms with van der Waals surface area (Å²) in [5.41, 5.74) is 4.91. The highest BCUT2D eigenvalue weighted by molar-refractivity contribution is 6.04. The third-order valence-corrected chi connectivity index (χ3v) is 5.94. The number of nitrogens with zero attached hydrogens (tertiary/aromatic N) is 4. The molecule has 1 amide bonds. The van der Waals surface area contributed by atoms with Crippen LogP contribution in [0.25, 0.3) is 22.3 Å². The monoisotopic (exact) mass is 487 g/mol. The molecule has 8 nitrogen and oxygen atoms in total. The molecule has 2 heterocycles. The second-order valence-electron chi connectivity index (χ2n) is 8.33. The van der Waals surface area contributed by atoms with Crippen molar-refractivity contribution in [1.29, 1.82) is 5.26 Å². The fraction of sp³-hybridized carbons (Fsp3) is 0.0690. The fourth-order valence-corrected chi connectivity index (χ4v) is 3.97. The molecule has 5 aromatic rings. The first-order valence-electron chi connectivity index (χ1n) is 11.5. The molecule has 0 atom stereocenters. The number of carbonyl (C=O) groups excluding carboxylic acids is 2. The van der Waals surface area contributed by atoms with E-state index in [1.165, 1.54) is 6.33 Å². The van der Waals surface area contributed by atoms with Gasteiger partial charge < -0.3 is 14.6 Å². The van der Waals surface area contributed by atoms with Crippen LogP contribution in [-0.4, -0.2) is 26.4 Å². The summed E-state index contributed by atoms with van der Waals surface area (Å²) in [7, 11) is 1.76. The predicted octanol–water partition coefficient (Wildman–Crippen LogP) is 5.12. The highest BCUT2D eigenvalue weighted by Gasteiger charge is 2.19. The van der Waals surface area contributed by atoms with Crippen LogP contribution in [0.2, 0.25) is 0 Å². The van der Waals surface area contributed by atoms with Crippen LogP contribution in [0.4, 0.5) is 5.69 Å². The molecule has 0 spiro atoms. The molecule has 8 heteroatoms. The highest BCUT2D eigenvalue weighted by atomic mass is 16.5. The van der Waals surface area contributed by atoms with Crippen LogP contribution in [0.1, 0.15) is 32.0 Å². The molecule has 37 heavy (non-hydrogen) atoms. The summed E-state index contributed by atoms with van der Waals surface area (Å²) in [6.07, 6.45) is 1.46. The number of aromatic nitrogens is 3. The second-order valence-corrected chi connectivity index (χ2v) is 8.33. The van der Waals surface area contributed by atoms with Gasteiger partial charge in [-0.15, -0.1) is 0 Å². The molecule has 1 N–H and O–H groups in total. The maximum atomic E-state index is 12.8. The maximum Gasteiger partial charge on any atom is 0.355 e. The zero-order valence-electron chi connectivity index (χ0n) is 19.9. The van der Waals surface area contributed by atoms with Crippen molar-refractivity contribution in [2.45, 2.75) is 6.61 Å². The van der Waals surface area contributed by atoms with Crippen molar-refractivity contribution in [3.05, 3.63) is 114 Å². The summed E-state index contributed by atoms with van der Waals surface area (Å²) in [5, 5.41) is 12.5. The lowest BCUT2D eigenvalue weighted by Gasteiger charge is -2.07. The first kappa shape index (κ1) is 23.5. The minimum Gasteiger partial charge on any atom is -0.456 e. The van der Waals surface area contributed by atoms with Gasteiger partial charge in [0.15, 0.2) is 0 Å². The number of nitriles is 1. The van der Waals surface area contributed by atoms with Crippen molar-refractivity contribution in [2.75, 3.05) is 5.32 Å². The van der Waals surface area contributed by atoms with Crippen LogP contribution < -0.4 is 5.32 Å². The minimum atomic E-state index is -0.448. The van der Waals surface area contributed by atoms with Gasteiger partial charge in [-0.1, -0.05) is 42.5 Å². The molecule has 0 saturated heterocycles. The van der Waals surface area contributed by atoms with Gasteiger partial charge >= 0.3 is 5.97 Å². The largest absolute Gasteiger partial charge is 0.456 e. The number of benzene rings is 3. The first-order chi connectivity index (χ1) is 18.0. The maximum absolute atomic E-state index is 12.8. The summed E-state index contributed by atoms with van der Waals surface area (Å²) in [6.45, 7) is 0.176. The Morgan fingerprint density at radius 1 is 0.973 bits per heavy atom. The van der Waals surface area contributed by atoms with Crippen molar-refractivity contribution < 1.29 is 14.3 Å². The Kier molecular flexibility index (Phi) is 6.43. The van der Waals surface area contributed by atoms with E-state index in [-0.39, 0.29) is 12.5 Å². The number of fused-ring (bicyclic) bond motifs is 1. The average molecular weight is 488 g/mol. The van der Waals surface area contributed by atoms with Gasteiger partial charge in [-0.05, 0) is 48.0 Å². The zero-order valence-corrected chi connectivity index (χ0v) is 19.9. The molecule has 5 rings (SSSR count). The van der Waals surface area contributed by atoms with E-state index in [1.807, 2.05) is 48.5 Å². The van der Waals surface area contributed by atoms with Gasteiger partial charge in [0, 0.05) is 29.2 Å². The van der Waals surface area contributed by atoms with Gasteiger partial charge in [0.2, 0.25) is 0 Å². The summed E-state index contributed by atoms with van der Waals surface area (Å²) in [5.74, 6) is -0.723. The van der Waals surface area contributed by atoms with Gasteiger partial charge in [0.25, 0.3) is 5.91 Å². The molecule has 0 radical (unpaired) electrons. The topological polar surface area (TPSA) is 110 Å². The Bertz CT molecular complexity index is 1630. The van der Waals surface area contributed by atoms with Gasteiger partial charge in [0.05, 0.1) is 17.3 Å². The normalized spacial score (nSPS) is 10.6. The Labute approximate surface area is 212 Å². The van der Waals surface area contributed by atoms with E-state index in [9.17, 15) is 9.59 Å². The number of carbonyl (C=O) groups is 2. The molecular formula is C29H21N5O3. The van der Waals surface area contributed by atoms with Crippen molar-refractivity contribution in [3.8, 4) is 17.3 Å². The Hall–Kier alpha value is -5.29. The standard InChI is InChI=1S/C29H21N5O3/c1-34-25(29(36)37-17-20-5-3-2-4-6-20)15-24-26(31-18-32-27(24)34)21-11-13-23(14-12-21)33-28(35)22-9-7-19(16-30)8-10-22/h2-15,18H,17H2,1H3,(H,33,35). The molecule has 0 aliphatic carbocycles. The second kappa shape index (κ2) is 10.1. The lowest BCUT2D eigenvalue weighted by atomic mass is 10.1. The van der Waals surface area contributed by atoms with Crippen LogP contribution in [0, 0.1) is 11.3 Å². The highest BCUT2D eigenvalue weighted by Crippen LogP contribution is 2.29. The van der Waals surface area contributed by atoms with Crippen LogP contribution >= 0.6 is 0 Å². The summed E-state index contributed by atoms with van der Waals surface area (Å²) in [6, 6.07) is 26.9. The SMILES string of the molecule is Cn1c(C(=O)OCc2ccccc2)cc2c(-c3ccc(NC(=O)c4ccc(C#N)cc4)cc3)ncnc21. The van der Waals surface area contributed by atoms with Crippen LogP contribution in [0.15, 0.2) is 91.3 Å². The van der Waals surface area contributed by atoms with Crippen LogP contribution in [-0.2, 0) is 18.4 Å². The lowest BCUT2D eigenvalue weighted by Crippen LogP contribution is -2.11.